The third-order valence-corrected chi connectivity index (χ3v) is 2.83. The number of hydrogen-bond acceptors (Lipinski definition) is 4. The second-order valence-corrected chi connectivity index (χ2v) is 4.32. The van der Waals surface area contributed by atoms with E-state index in [2.05, 4.69) is 0 Å². The van der Waals surface area contributed by atoms with Crippen LogP contribution in [0.3, 0.4) is 0 Å². The molecule has 0 atom stereocenters. The Morgan fingerprint density at radius 1 is 0.714 bits per heavy atom. The summed E-state index contributed by atoms with van der Waals surface area (Å²) in [4.78, 5) is 0. The maximum atomic E-state index is 9.67. The molecule has 113 valence electrons. The predicted octanol–water partition coefficient (Wildman–Crippen LogP) is 2.39. The molecule has 0 fully saturated rings. The van der Waals surface area contributed by atoms with E-state index < -0.39 is 0 Å². The van der Waals surface area contributed by atoms with E-state index in [1.54, 1.807) is 60.7 Å². The topological polar surface area (TPSA) is 92.5 Å². The van der Waals surface area contributed by atoms with Gasteiger partial charge in [0, 0.05) is 28.2 Å². The molecule has 0 spiro atoms. The third-order valence-electron chi connectivity index (χ3n) is 2.83. The van der Waals surface area contributed by atoms with Crippen molar-refractivity contribution in [2.45, 2.75) is 0 Å². The van der Waals surface area contributed by atoms with Crippen LogP contribution in [-0.4, -0.2) is 10.2 Å². The van der Waals surface area contributed by atoms with Gasteiger partial charge in [0.15, 0.2) is 0 Å². The maximum Gasteiger partial charge on any atom is 0.122 e. The standard InChI is InChI=1S/C16H16N2O2.Cu/c17-13(9-11-5-1-3-7-15(11)19)14(18)10-12-6-2-4-8-16(12)20;/h1-10,19-20H,17-18H2;. The monoisotopic (exact) mass is 331 g/mol. The molecule has 0 saturated heterocycles. The van der Waals surface area contributed by atoms with Gasteiger partial charge in [-0.15, -0.1) is 0 Å². The van der Waals surface area contributed by atoms with E-state index in [1.165, 1.54) is 0 Å². The number of nitrogens with two attached hydrogens (primary N) is 2. The molecule has 2 rings (SSSR count). The van der Waals surface area contributed by atoms with Crippen molar-refractivity contribution < 1.29 is 27.3 Å². The normalized spacial score (nSPS) is 11.8. The molecule has 0 amide bonds. The average Bonchev–Trinajstić information content (AvgIpc) is 2.43. The SMILES string of the molecule is NC(=Cc1ccccc1O)C(N)=Cc1ccccc1O.[Cu]. The van der Waals surface area contributed by atoms with E-state index >= 15 is 0 Å². The second-order valence-electron chi connectivity index (χ2n) is 4.32. The van der Waals surface area contributed by atoms with Gasteiger partial charge in [-0.05, 0) is 24.3 Å². The number of para-hydroxylation sites is 2. The Morgan fingerprint density at radius 3 is 1.38 bits per heavy atom. The van der Waals surface area contributed by atoms with Crippen LogP contribution in [0.15, 0.2) is 59.9 Å². The predicted molar refractivity (Wildman–Crippen MR) is 80.5 cm³/mol. The Labute approximate surface area is 133 Å². The molecule has 4 nitrogen and oxygen atoms in total. The van der Waals surface area contributed by atoms with E-state index in [-0.39, 0.29) is 28.6 Å². The van der Waals surface area contributed by atoms with E-state index in [0.29, 0.717) is 22.5 Å². The van der Waals surface area contributed by atoms with Gasteiger partial charge < -0.3 is 21.7 Å². The molecule has 5 heteroatoms. The number of phenols is 2. The molecule has 0 aliphatic carbocycles. The largest absolute Gasteiger partial charge is 0.507 e. The molecule has 2 aromatic rings. The molecule has 2 aromatic carbocycles. The average molecular weight is 332 g/mol. The molecule has 0 aliphatic rings. The minimum atomic E-state index is 0. The summed E-state index contributed by atoms with van der Waals surface area (Å²) >= 11 is 0. The summed E-state index contributed by atoms with van der Waals surface area (Å²) in [5.41, 5.74) is 13.6. The summed E-state index contributed by atoms with van der Waals surface area (Å²) in [7, 11) is 0. The fraction of sp³-hybridized carbons (Fsp3) is 0. The van der Waals surface area contributed by atoms with Gasteiger partial charge >= 0.3 is 0 Å². The molecule has 1 radical (unpaired) electrons. The quantitative estimate of drug-likeness (QED) is 0.513. The van der Waals surface area contributed by atoms with Crippen molar-refractivity contribution in [2.24, 2.45) is 11.5 Å². The van der Waals surface area contributed by atoms with Crippen LogP contribution in [0.1, 0.15) is 11.1 Å². The van der Waals surface area contributed by atoms with Crippen molar-refractivity contribution in [2.75, 3.05) is 0 Å². The zero-order valence-electron chi connectivity index (χ0n) is 11.1. The van der Waals surface area contributed by atoms with Gasteiger partial charge in [-0.2, -0.15) is 0 Å². The van der Waals surface area contributed by atoms with Crippen LogP contribution in [0.2, 0.25) is 0 Å². The van der Waals surface area contributed by atoms with Crippen LogP contribution in [0, 0.1) is 0 Å². The Bertz CT molecular complexity index is 622. The maximum absolute atomic E-state index is 9.67. The van der Waals surface area contributed by atoms with E-state index in [0.717, 1.165) is 0 Å². The summed E-state index contributed by atoms with van der Waals surface area (Å²) in [5, 5.41) is 19.3. The molecule has 21 heavy (non-hydrogen) atoms. The molecule has 0 unspecified atom stereocenters. The fourth-order valence-electron chi connectivity index (χ4n) is 1.72. The van der Waals surface area contributed by atoms with E-state index in [1.807, 2.05) is 0 Å². The molecular formula is C16H16CuN2O2. The number of phenolic OH excluding ortho intramolecular Hbond substituents is 2. The third kappa shape index (κ3) is 4.31. The number of benzene rings is 2. The van der Waals surface area contributed by atoms with Gasteiger partial charge in [0.25, 0.3) is 0 Å². The van der Waals surface area contributed by atoms with Crippen molar-refractivity contribution in [1.82, 2.24) is 0 Å². The second kappa shape index (κ2) is 7.43. The first-order valence-electron chi connectivity index (χ1n) is 6.08. The van der Waals surface area contributed by atoms with Crippen molar-refractivity contribution in [3.05, 3.63) is 71.1 Å². The van der Waals surface area contributed by atoms with Crippen LogP contribution in [0.5, 0.6) is 11.5 Å². The minimum Gasteiger partial charge on any atom is -0.507 e. The Kier molecular flexibility index (Phi) is 5.91. The van der Waals surface area contributed by atoms with Crippen LogP contribution >= 0.6 is 0 Å². The number of hydrogen-bond donors (Lipinski definition) is 4. The van der Waals surface area contributed by atoms with Crippen LogP contribution in [0.4, 0.5) is 0 Å². The fourth-order valence-corrected chi connectivity index (χ4v) is 1.72. The Morgan fingerprint density at radius 2 is 1.05 bits per heavy atom. The summed E-state index contributed by atoms with van der Waals surface area (Å²) in [6, 6.07) is 13.6. The first-order valence-corrected chi connectivity index (χ1v) is 6.08. The zero-order valence-corrected chi connectivity index (χ0v) is 12.1. The summed E-state index contributed by atoms with van der Waals surface area (Å²) in [6.07, 6.45) is 3.17. The molecule has 0 aliphatic heterocycles. The Hall–Kier alpha value is -2.36. The van der Waals surface area contributed by atoms with Crippen molar-refractivity contribution in [1.29, 1.82) is 0 Å². The summed E-state index contributed by atoms with van der Waals surface area (Å²) in [6.45, 7) is 0. The zero-order chi connectivity index (χ0) is 14.5. The first-order chi connectivity index (χ1) is 9.58. The Balaban J connectivity index is 0.00000220. The smallest absolute Gasteiger partial charge is 0.122 e. The van der Waals surface area contributed by atoms with Gasteiger partial charge in [-0.1, -0.05) is 36.4 Å². The molecule has 0 bridgehead atoms. The van der Waals surface area contributed by atoms with Crippen molar-refractivity contribution in [3.8, 4) is 11.5 Å². The van der Waals surface area contributed by atoms with Crippen molar-refractivity contribution in [3.63, 3.8) is 0 Å². The molecular weight excluding hydrogens is 316 g/mol. The van der Waals surface area contributed by atoms with Gasteiger partial charge in [0.1, 0.15) is 11.5 Å². The van der Waals surface area contributed by atoms with Crippen LogP contribution in [-0.2, 0) is 17.1 Å². The summed E-state index contributed by atoms with van der Waals surface area (Å²) < 4.78 is 0. The minimum absolute atomic E-state index is 0. The first kappa shape index (κ1) is 16.7. The molecule has 0 aromatic heterocycles. The van der Waals surface area contributed by atoms with Crippen LogP contribution in [0.25, 0.3) is 12.2 Å². The van der Waals surface area contributed by atoms with Gasteiger partial charge in [0.2, 0.25) is 0 Å². The molecule has 0 saturated carbocycles. The van der Waals surface area contributed by atoms with Crippen molar-refractivity contribution >= 4 is 12.2 Å². The van der Waals surface area contributed by atoms with E-state index in [4.69, 9.17) is 11.5 Å². The molecule has 0 heterocycles. The number of aromatic hydroxyl groups is 2. The van der Waals surface area contributed by atoms with E-state index in [9.17, 15) is 10.2 Å². The summed E-state index contributed by atoms with van der Waals surface area (Å²) in [5.74, 6) is 0.261. The molecule has 6 N–H and O–H groups in total. The van der Waals surface area contributed by atoms with Gasteiger partial charge in [-0.25, -0.2) is 0 Å². The number of rotatable bonds is 3. The van der Waals surface area contributed by atoms with Crippen LogP contribution < -0.4 is 11.5 Å². The van der Waals surface area contributed by atoms with Gasteiger partial charge in [0.05, 0.1) is 11.4 Å². The van der Waals surface area contributed by atoms with Gasteiger partial charge in [-0.3, -0.25) is 0 Å².